The minimum absolute atomic E-state index is 0.225. The van der Waals surface area contributed by atoms with Gasteiger partial charge < -0.3 is 5.73 Å². The van der Waals surface area contributed by atoms with Crippen LogP contribution in [0.25, 0.3) is 0 Å². The molecule has 2 rings (SSSR count). The van der Waals surface area contributed by atoms with Crippen LogP contribution in [-0.2, 0) is 10.0 Å². The summed E-state index contributed by atoms with van der Waals surface area (Å²) in [5.41, 5.74) is 5.34. The van der Waals surface area contributed by atoms with Crippen molar-refractivity contribution in [1.29, 1.82) is 0 Å². The predicted molar refractivity (Wildman–Crippen MR) is 59.9 cm³/mol. The fraction of sp³-hybridized carbons (Fsp3) is 1.00. The zero-order valence-electron chi connectivity index (χ0n) is 9.06. The molecular weight excluding hydrogens is 212 g/mol. The average molecular weight is 232 g/mol. The first-order chi connectivity index (χ1) is 7.13. The van der Waals surface area contributed by atoms with Crippen molar-refractivity contribution < 1.29 is 8.42 Å². The van der Waals surface area contributed by atoms with Gasteiger partial charge in [0.1, 0.15) is 0 Å². The van der Waals surface area contributed by atoms with Crippen LogP contribution in [0.1, 0.15) is 25.7 Å². The quantitative estimate of drug-likeness (QED) is 0.763. The summed E-state index contributed by atoms with van der Waals surface area (Å²) in [7, 11) is -3.01. The van der Waals surface area contributed by atoms with Crippen LogP contribution in [0.2, 0.25) is 0 Å². The van der Waals surface area contributed by atoms with Crippen LogP contribution in [0.3, 0.4) is 0 Å². The molecule has 88 valence electrons. The third-order valence-corrected chi connectivity index (χ3v) is 5.58. The van der Waals surface area contributed by atoms with Crippen LogP contribution in [0.5, 0.6) is 0 Å². The third kappa shape index (κ3) is 2.34. The molecule has 2 fully saturated rings. The van der Waals surface area contributed by atoms with E-state index in [4.69, 9.17) is 5.73 Å². The van der Waals surface area contributed by atoms with Crippen molar-refractivity contribution >= 4 is 10.0 Å². The van der Waals surface area contributed by atoms with Crippen LogP contribution in [0.4, 0.5) is 0 Å². The maximum absolute atomic E-state index is 11.9. The molecule has 0 aromatic rings. The Labute approximate surface area is 91.9 Å². The summed E-state index contributed by atoms with van der Waals surface area (Å²) in [4.78, 5) is 0. The van der Waals surface area contributed by atoms with Crippen molar-refractivity contribution in [2.75, 3.05) is 25.4 Å². The second kappa shape index (κ2) is 4.39. The van der Waals surface area contributed by atoms with Gasteiger partial charge in [-0.2, -0.15) is 0 Å². The summed E-state index contributed by atoms with van der Waals surface area (Å²) in [5.74, 6) is 1.50. The Morgan fingerprint density at radius 2 is 1.80 bits per heavy atom. The van der Waals surface area contributed by atoms with Gasteiger partial charge in [0.25, 0.3) is 0 Å². The summed E-state index contributed by atoms with van der Waals surface area (Å²) in [6.07, 6.45) is 4.29. The van der Waals surface area contributed by atoms with Gasteiger partial charge in [0.15, 0.2) is 0 Å². The first kappa shape index (κ1) is 11.4. The highest BCUT2D eigenvalue weighted by molar-refractivity contribution is 7.89. The molecule has 0 aromatic carbocycles. The van der Waals surface area contributed by atoms with Crippen LogP contribution < -0.4 is 5.73 Å². The van der Waals surface area contributed by atoms with Crippen LogP contribution in [0.15, 0.2) is 0 Å². The Morgan fingerprint density at radius 3 is 2.33 bits per heavy atom. The second-order valence-corrected chi connectivity index (χ2v) is 6.81. The zero-order chi connectivity index (χ0) is 10.9. The van der Waals surface area contributed by atoms with Crippen molar-refractivity contribution in [3.8, 4) is 0 Å². The van der Waals surface area contributed by atoms with Gasteiger partial charge in [-0.3, -0.25) is 0 Å². The van der Waals surface area contributed by atoms with Crippen molar-refractivity contribution in [2.24, 2.45) is 17.6 Å². The highest BCUT2D eigenvalue weighted by Gasteiger charge is 2.40. The molecule has 1 saturated heterocycles. The van der Waals surface area contributed by atoms with Crippen LogP contribution in [0, 0.1) is 11.8 Å². The van der Waals surface area contributed by atoms with E-state index < -0.39 is 10.0 Å². The number of nitrogens with two attached hydrogens (primary N) is 1. The molecule has 0 aromatic heterocycles. The standard InChI is InChI=1S/C10H20N2O2S/c11-5-2-6-15(13,14)12-7-9-3-1-4-10(9)8-12/h9-10H,1-8,11H2. The van der Waals surface area contributed by atoms with E-state index in [1.54, 1.807) is 4.31 Å². The molecule has 2 N–H and O–H groups in total. The van der Waals surface area contributed by atoms with E-state index in [2.05, 4.69) is 0 Å². The lowest BCUT2D eigenvalue weighted by molar-refractivity contribution is 0.444. The molecule has 1 heterocycles. The number of nitrogens with zero attached hydrogens (tertiary/aromatic N) is 1. The molecule has 0 bridgehead atoms. The van der Waals surface area contributed by atoms with E-state index in [1.807, 2.05) is 0 Å². The fourth-order valence-corrected chi connectivity index (χ4v) is 4.44. The van der Waals surface area contributed by atoms with Crippen LogP contribution in [-0.4, -0.2) is 38.1 Å². The Balaban J connectivity index is 1.95. The van der Waals surface area contributed by atoms with E-state index >= 15 is 0 Å². The molecular formula is C10H20N2O2S. The van der Waals surface area contributed by atoms with Gasteiger partial charge in [-0.05, 0) is 37.6 Å². The smallest absolute Gasteiger partial charge is 0.214 e. The van der Waals surface area contributed by atoms with Crippen LogP contribution >= 0.6 is 0 Å². The third-order valence-electron chi connectivity index (χ3n) is 3.69. The first-order valence-corrected chi connectivity index (χ1v) is 7.42. The van der Waals surface area contributed by atoms with E-state index in [0.717, 1.165) is 13.1 Å². The van der Waals surface area contributed by atoms with Crippen molar-refractivity contribution in [2.45, 2.75) is 25.7 Å². The number of rotatable bonds is 4. The number of hydrogen-bond acceptors (Lipinski definition) is 3. The second-order valence-electron chi connectivity index (χ2n) is 4.73. The predicted octanol–water partition coefficient (Wildman–Crippen LogP) is 0.397. The lowest BCUT2D eigenvalue weighted by atomic mass is 10.0. The summed E-state index contributed by atoms with van der Waals surface area (Å²) in [5, 5.41) is 0. The van der Waals surface area contributed by atoms with Crippen molar-refractivity contribution in [1.82, 2.24) is 4.31 Å². The van der Waals surface area contributed by atoms with Crippen molar-refractivity contribution in [3.05, 3.63) is 0 Å². The van der Waals surface area contributed by atoms with Gasteiger partial charge in [0.2, 0.25) is 10.0 Å². The maximum Gasteiger partial charge on any atom is 0.214 e. The summed E-state index contributed by atoms with van der Waals surface area (Å²) >= 11 is 0. The molecule has 2 aliphatic rings. The minimum Gasteiger partial charge on any atom is -0.330 e. The van der Waals surface area contributed by atoms with E-state index in [-0.39, 0.29) is 5.75 Å². The fourth-order valence-electron chi connectivity index (χ4n) is 2.81. The monoisotopic (exact) mass is 232 g/mol. The minimum atomic E-state index is -3.01. The lowest BCUT2D eigenvalue weighted by Crippen LogP contribution is -2.32. The summed E-state index contributed by atoms with van der Waals surface area (Å²) in [6.45, 7) is 1.98. The van der Waals surface area contributed by atoms with Gasteiger partial charge in [-0.25, -0.2) is 12.7 Å². The topological polar surface area (TPSA) is 63.4 Å². The molecule has 4 nitrogen and oxygen atoms in total. The van der Waals surface area contributed by atoms with Crippen molar-refractivity contribution in [3.63, 3.8) is 0 Å². The normalized spacial score (nSPS) is 32.1. The Kier molecular flexibility index (Phi) is 3.33. The van der Waals surface area contributed by atoms with E-state index in [9.17, 15) is 8.42 Å². The number of hydrogen-bond donors (Lipinski definition) is 1. The van der Waals surface area contributed by atoms with Gasteiger partial charge in [-0.15, -0.1) is 0 Å². The summed E-state index contributed by atoms with van der Waals surface area (Å²) in [6, 6.07) is 0. The number of sulfonamides is 1. The molecule has 1 aliphatic heterocycles. The molecule has 5 heteroatoms. The molecule has 0 radical (unpaired) electrons. The largest absolute Gasteiger partial charge is 0.330 e. The molecule has 2 atom stereocenters. The van der Waals surface area contributed by atoms with E-state index in [0.29, 0.717) is 24.8 Å². The highest BCUT2D eigenvalue weighted by Crippen LogP contribution is 2.38. The Morgan fingerprint density at radius 1 is 1.20 bits per heavy atom. The SMILES string of the molecule is NCCCS(=O)(=O)N1CC2CCCC2C1. The molecule has 0 amide bonds. The van der Waals surface area contributed by atoms with Gasteiger partial charge >= 0.3 is 0 Å². The first-order valence-electron chi connectivity index (χ1n) is 5.81. The Bertz CT molecular complexity index is 303. The Hall–Kier alpha value is -0.130. The van der Waals surface area contributed by atoms with Gasteiger partial charge in [-0.1, -0.05) is 6.42 Å². The molecule has 1 saturated carbocycles. The maximum atomic E-state index is 11.9. The molecule has 15 heavy (non-hydrogen) atoms. The zero-order valence-corrected chi connectivity index (χ0v) is 9.88. The van der Waals surface area contributed by atoms with Gasteiger partial charge in [0, 0.05) is 13.1 Å². The average Bonchev–Trinajstić information content (AvgIpc) is 2.73. The summed E-state index contributed by atoms with van der Waals surface area (Å²) < 4.78 is 25.5. The lowest BCUT2D eigenvalue weighted by Gasteiger charge is -2.16. The molecule has 2 unspecified atom stereocenters. The number of fused-ring (bicyclic) bond motifs is 1. The molecule has 1 aliphatic carbocycles. The highest BCUT2D eigenvalue weighted by atomic mass is 32.2. The molecule has 0 spiro atoms. The van der Waals surface area contributed by atoms with Gasteiger partial charge in [0.05, 0.1) is 5.75 Å². The van der Waals surface area contributed by atoms with E-state index in [1.165, 1.54) is 19.3 Å².